The minimum absolute atomic E-state index is 0.0283. The van der Waals surface area contributed by atoms with Crippen LogP contribution in [0.3, 0.4) is 0 Å². The highest BCUT2D eigenvalue weighted by Crippen LogP contribution is 2.47. The van der Waals surface area contributed by atoms with Gasteiger partial charge in [-0.05, 0) is 50.2 Å². The molecule has 0 radical (unpaired) electrons. The number of hydrogen-bond acceptors (Lipinski definition) is 4. The second kappa shape index (κ2) is 8.21. The topological polar surface area (TPSA) is 41.4 Å². The van der Waals surface area contributed by atoms with Gasteiger partial charge in [0, 0.05) is 10.8 Å². The van der Waals surface area contributed by atoms with Crippen molar-refractivity contribution < 1.29 is 4.79 Å². The summed E-state index contributed by atoms with van der Waals surface area (Å²) in [5.41, 5.74) is 5.84. The molecule has 5 nitrogen and oxygen atoms in total. The Hall–Kier alpha value is -2.35. The van der Waals surface area contributed by atoms with Crippen molar-refractivity contribution in [3.63, 3.8) is 0 Å². The molecule has 1 amide bonds. The Morgan fingerprint density at radius 2 is 1.84 bits per heavy atom. The summed E-state index contributed by atoms with van der Waals surface area (Å²) >= 11 is 14.0. The zero-order valence-corrected chi connectivity index (χ0v) is 20.5. The number of aromatic nitrogens is 2. The average molecular weight is 483 g/mol. The van der Waals surface area contributed by atoms with Crippen molar-refractivity contribution in [1.29, 1.82) is 0 Å². The minimum Gasteiger partial charge on any atom is -0.319 e. The molecule has 2 saturated heterocycles. The number of rotatable bonds is 4. The van der Waals surface area contributed by atoms with Gasteiger partial charge in [-0.15, -0.1) is 11.8 Å². The van der Waals surface area contributed by atoms with E-state index in [0.717, 1.165) is 28.4 Å². The predicted octanol–water partition coefficient (Wildman–Crippen LogP) is 5.26. The lowest BCUT2D eigenvalue weighted by atomic mass is 10.1. The van der Waals surface area contributed by atoms with Crippen molar-refractivity contribution >= 4 is 52.3 Å². The molecule has 5 rings (SSSR count). The number of thioether (sulfide) groups is 1. The summed E-state index contributed by atoms with van der Waals surface area (Å²) in [6, 6.07) is 16.0. The van der Waals surface area contributed by atoms with Crippen LogP contribution in [0.25, 0.3) is 0 Å². The van der Waals surface area contributed by atoms with E-state index >= 15 is 0 Å². The Morgan fingerprint density at radius 3 is 2.56 bits per heavy atom. The van der Waals surface area contributed by atoms with Crippen LogP contribution in [0.15, 0.2) is 48.5 Å². The van der Waals surface area contributed by atoms with E-state index in [4.69, 9.17) is 28.9 Å². The van der Waals surface area contributed by atoms with Gasteiger partial charge in [0.2, 0.25) is 0 Å². The fraction of sp³-hybridized carbons (Fsp3) is 0.292. The second-order valence-electron chi connectivity index (χ2n) is 8.24. The van der Waals surface area contributed by atoms with Crippen LogP contribution in [0.5, 0.6) is 0 Å². The average Bonchev–Trinajstić information content (AvgIpc) is 3.39. The summed E-state index contributed by atoms with van der Waals surface area (Å²) in [4.78, 5) is 17.3. The number of halogens is 1. The van der Waals surface area contributed by atoms with E-state index in [9.17, 15) is 4.79 Å². The first-order valence-corrected chi connectivity index (χ1v) is 12.3. The third-order valence-electron chi connectivity index (χ3n) is 6.13. The third-order valence-corrected chi connectivity index (χ3v) is 8.21. The summed E-state index contributed by atoms with van der Waals surface area (Å²) in [6.45, 7) is 6.52. The Balaban J connectivity index is 1.48. The highest BCUT2D eigenvalue weighted by molar-refractivity contribution is 7.99. The van der Waals surface area contributed by atoms with E-state index in [1.165, 1.54) is 11.1 Å². The maximum Gasteiger partial charge on any atom is 0.257 e. The van der Waals surface area contributed by atoms with Gasteiger partial charge < -0.3 is 4.90 Å². The Morgan fingerprint density at radius 1 is 1.12 bits per heavy atom. The monoisotopic (exact) mass is 482 g/mol. The summed E-state index contributed by atoms with van der Waals surface area (Å²) in [7, 11) is 0. The maximum atomic E-state index is 13.5. The van der Waals surface area contributed by atoms with Crippen molar-refractivity contribution in [3.8, 4) is 0 Å². The molecule has 2 fully saturated rings. The summed E-state index contributed by atoms with van der Waals surface area (Å²) in [5.74, 6) is 0.750. The molecule has 2 atom stereocenters. The zero-order chi connectivity index (χ0) is 22.6. The summed E-state index contributed by atoms with van der Waals surface area (Å²) < 4.78 is 1.90. The molecule has 2 aliphatic heterocycles. The number of amides is 1. The summed E-state index contributed by atoms with van der Waals surface area (Å²) in [6.07, 6.45) is 0. The number of carbonyl (C=O) groups is 1. The molecule has 32 heavy (non-hydrogen) atoms. The van der Waals surface area contributed by atoms with Gasteiger partial charge in [-0.3, -0.25) is 14.4 Å². The fourth-order valence-corrected chi connectivity index (χ4v) is 6.54. The van der Waals surface area contributed by atoms with Crippen LogP contribution in [-0.2, 0) is 11.3 Å². The fourth-order valence-electron chi connectivity index (χ4n) is 4.44. The number of anilines is 1. The number of hydrogen-bond donors (Lipinski definition) is 0. The van der Waals surface area contributed by atoms with Crippen molar-refractivity contribution in [2.75, 3.05) is 10.7 Å². The van der Waals surface area contributed by atoms with Crippen LogP contribution in [0.2, 0.25) is 5.02 Å². The van der Waals surface area contributed by atoms with E-state index in [1.807, 2.05) is 42.8 Å². The van der Waals surface area contributed by atoms with Gasteiger partial charge in [0.25, 0.3) is 5.91 Å². The molecule has 3 aromatic rings. The van der Waals surface area contributed by atoms with Crippen LogP contribution >= 0.6 is 35.6 Å². The number of fused-ring (bicyclic) bond motifs is 1. The molecule has 2 unspecified atom stereocenters. The van der Waals surface area contributed by atoms with Gasteiger partial charge in [0.15, 0.2) is 5.11 Å². The molecular weight excluding hydrogens is 460 g/mol. The molecule has 0 saturated carbocycles. The third kappa shape index (κ3) is 3.43. The Kier molecular flexibility index (Phi) is 5.51. The van der Waals surface area contributed by atoms with E-state index in [0.29, 0.717) is 16.7 Å². The maximum absolute atomic E-state index is 13.5. The lowest BCUT2D eigenvalue weighted by molar-refractivity contribution is -0.119. The molecule has 164 valence electrons. The molecule has 0 spiro atoms. The first kappa shape index (κ1) is 21.5. The number of nitrogens with zero attached hydrogens (tertiary/aromatic N) is 4. The quantitative estimate of drug-likeness (QED) is 0.474. The Labute approximate surface area is 202 Å². The molecule has 8 heteroatoms. The normalized spacial score (nSPS) is 20.4. The first-order chi connectivity index (χ1) is 15.4. The van der Waals surface area contributed by atoms with Crippen molar-refractivity contribution in [2.24, 2.45) is 0 Å². The molecular formula is C24H23ClN4OS2. The molecule has 2 aromatic carbocycles. The van der Waals surface area contributed by atoms with Crippen molar-refractivity contribution in [3.05, 3.63) is 81.6 Å². The van der Waals surface area contributed by atoms with Crippen molar-refractivity contribution in [2.45, 2.75) is 38.7 Å². The van der Waals surface area contributed by atoms with Gasteiger partial charge in [0.05, 0.1) is 23.6 Å². The summed E-state index contributed by atoms with van der Waals surface area (Å²) in [5, 5.41) is 6.02. The smallest absolute Gasteiger partial charge is 0.257 e. The van der Waals surface area contributed by atoms with Crippen LogP contribution in [0.4, 0.5) is 5.69 Å². The van der Waals surface area contributed by atoms with Gasteiger partial charge in [0.1, 0.15) is 11.4 Å². The van der Waals surface area contributed by atoms with Gasteiger partial charge in [-0.25, -0.2) is 0 Å². The highest BCUT2D eigenvalue weighted by Gasteiger charge is 2.51. The second-order valence-corrected chi connectivity index (χ2v) is 10.1. The van der Waals surface area contributed by atoms with E-state index in [1.54, 1.807) is 16.7 Å². The molecule has 1 aromatic heterocycles. The molecule has 0 aliphatic carbocycles. The van der Waals surface area contributed by atoms with Gasteiger partial charge in [-0.2, -0.15) is 5.10 Å². The largest absolute Gasteiger partial charge is 0.319 e. The van der Waals surface area contributed by atoms with E-state index in [-0.39, 0.29) is 17.3 Å². The minimum atomic E-state index is -0.246. The van der Waals surface area contributed by atoms with Crippen LogP contribution in [0.1, 0.15) is 33.5 Å². The highest BCUT2D eigenvalue weighted by atomic mass is 35.5. The van der Waals surface area contributed by atoms with E-state index in [2.05, 4.69) is 36.1 Å². The standard InChI is InChI=1S/C24H23ClN4OS2/c1-14-8-10-17(11-9-14)23-28-20(13-32-23)22(30)29(24(28)31)21-15(2)26-27(16(21)3)12-18-6-4-5-7-19(18)25/h4-11,20,23H,12-13H2,1-3H3. The Bertz CT molecular complexity index is 1220. The molecule has 0 N–H and O–H groups in total. The van der Waals surface area contributed by atoms with Crippen LogP contribution < -0.4 is 4.90 Å². The SMILES string of the molecule is Cc1ccc(C2SCC3C(=O)N(c4c(C)nn(Cc5ccccc5Cl)c4C)C(=S)N32)cc1. The lowest BCUT2D eigenvalue weighted by Gasteiger charge is -2.25. The van der Waals surface area contributed by atoms with Gasteiger partial charge >= 0.3 is 0 Å². The number of carbonyl (C=O) groups excluding carboxylic acids is 1. The molecule has 2 aliphatic rings. The predicted molar refractivity (Wildman–Crippen MR) is 134 cm³/mol. The molecule has 3 heterocycles. The number of aryl methyl sites for hydroxylation is 2. The number of benzene rings is 2. The van der Waals surface area contributed by atoms with E-state index < -0.39 is 0 Å². The van der Waals surface area contributed by atoms with Crippen molar-refractivity contribution in [1.82, 2.24) is 14.7 Å². The van der Waals surface area contributed by atoms with Gasteiger partial charge in [-0.1, -0.05) is 59.6 Å². The zero-order valence-electron chi connectivity index (χ0n) is 18.1. The lowest BCUT2D eigenvalue weighted by Crippen LogP contribution is -2.34. The van der Waals surface area contributed by atoms with Crippen LogP contribution in [-0.4, -0.2) is 37.5 Å². The van der Waals surface area contributed by atoms with Crippen LogP contribution in [0, 0.1) is 20.8 Å². The number of thiocarbonyl (C=S) groups is 1. The molecule has 0 bridgehead atoms. The first-order valence-electron chi connectivity index (χ1n) is 10.5.